The molecular formula is C21H40O4Si. The zero-order valence-electron chi connectivity index (χ0n) is 18.0. The number of ether oxygens (including phenoxy) is 3. The van der Waals surface area contributed by atoms with Crippen molar-refractivity contribution in [1.82, 2.24) is 0 Å². The Morgan fingerprint density at radius 3 is 2.42 bits per heavy atom. The van der Waals surface area contributed by atoms with Crippen LogP contribution in [0.4, 0.5) is 0 Å². The fourth-order valence-electron chi connectivity index (χ4n) is 3.96. The predicted molar refractivity (Wildman–Crippen MR) is 109 cm³/mol. The summed E-state index contributed by atoms with van der Waals surface area (Å²) in [5, 5.41) is 0.255. The van der Waals surface area contributed by atoms with Crippen LogP contribution in [0.5, 0.6) is 0 Å². The SMILES string of the molecule is COCCOCO[C@@H]1CC[C@H](O[Si](C)(C)C(C)(C)C)[C@@H]2CC(C)=CC[C@H]21. The molecule has 0 saturated heterocycles. The molecule has 2 aliphatic rings. The molecule has 4 atom stereocenters. The van der Waals surface area contributed by atoms with E-state index in [0.717, 1.165) is 25.7 Å². The molecule has 1 saturated carbocycles. The largest absolute Gasteiger partial charge is 0.414 e. The van der Waals surface area contributed by atoms with Gasteiger partial charge in [-0.2, -0.15) is 0 Å². The molecule has 0 N–H and O–H groups in total. The number of methoxy groups -OCH3 is 1. The zero-order chi connectivity index (χ0) is 19.4. The first-order valence-corrected chi connectivity index (χ1v) is 13.1. The minimum absolute atomic E-state index is 0.255. The lowest BCUT2D eigenvalue weighted by molar-refractivity contribution is -0.144. The Morgan fingerprint density at radius 1 is 1.08 bits per heavy atom. The Kier molecular flexibility index (Phi) is 7.93. The van der Waals surface area contributed by atoms with E-state index < -0.39 is 8.32 Å². The van der Waals surface area contributed by atoms with Crippen molar-refractivity contribution in [2.45, 2.75) is 83.7 Å². The van der Waals surface area contributed by atoms with E-state index in [-0.39, 0.29) is 11.1 Å². The molecule has 26 heavy (non-hydrogen) atoms. The van der Waals surface area contributed by atoms with Gasteiger partial charge in [0.1, 0.15) is 6.79 Å². The highest BCUT2D eigenvalue weighted by molar-refractivity contribution is 6.74. The molecule has 0 unspecified atom stereocenters. The second kappa shape index (κ2) is 9.33. The minimum atomic E-state index is -1.75. The fraction of sp³-hybridized carbons (Fsp3) is 0.905. The first kappa shape index (κ1) is 22.1. The van der Waals surface area contributed by atoms with Crippen molar-refractivity contribution >= 4 is 8.32 Å². The van der Waals surface area contributed by atoms with Gasteiger partial charge in [-0.05, 0) is 62.6 Å². The smallest absolute Gasteiger partial charge is 0.192 e. The highest BCUT2D eigenvalue weighted by Gasteiger charge is 2.46. The van der Waals surface area contributed by atoms with Gasteiger partial charge in [-0.15, -0.1) is 0 Å². The summed E-state index contributed by atoms with van der Waals surface area (Å²) in [7, 11) is -0.0622. The number of fused-ring (bicyclic) bond motifs is 1. The molecule has 0 bridgehead atoms. The third kappa shape index (κ3) is 5.65. The molecule has 0 radical (unpaired) electrons. The lowest BCUT2D eigenvalue weighted by atomic mass is 9.68. The van der Waals surface area contributed by atoms with Gasteiger partial charge < -0.3 is 18.6 Å². The third-order valence-electron chi connectivity index (χ3n) is 6.59. The van der Waals surface area contributed by atoms with Crippen molar-refractivity contribution in [2.24, 2.45) is 11.8 Å². The first-order valence-electron chi connectivity index (χ1n) is 10.2. The first-order chi connectivity index (χ1) is 12.2. The Hall–Kier alpha value is -0.203. The summed E-state index contributed by atoms with van der Waals surface area (Å²) in [4.78, 5) is 0. The Labute approximate surface area is 161 Å². The standard InChI is InChI=1S/C21H40O4Si/c1-16-8-9-17-18(14-16)20(25-26(6,7)21(2,3)4)11-10-19(17)24-15-23-13-12-22-5/h8,17-20H,9-15H2,1-7H3/t17-,18-,19-,20+/m1/s1. The van der Waals surface area contributed by atoms with Gasteiger partial charge in [0.05, 0.1) is 19.3 Å². The van der Waals surface area contributed by atoms with Crippen LogP contribution in [0.1, 0.15) is 53.4 Å². The van der Waals surface area contributed by atoms with Crippen LogP contribution in [0.25, 0.3) is 0 Å². The molecule has 0 aliphatic heterocycles. The highest BCUT2D eigenvalue weighted by atomic mass is 28.4. The van der Waals surface area contributed by atoms with Crippen LogP contribution >= 0.6 is 0 Å². The van der Waals surface area contributed by atoms with E-state index in [4.69, 9.17) is 18.6 Å². The van der Waals surface area contributed by atoms with Crippen molar-refractivity contribution < 1.29 is 18.6 Å². The van der Waals surface area contributed by atoms with Crippen molar-refractivity contribution in [3.63, 3.8) is 0 Å². The minimum Gasteiger partial charge on any atom is -0.414 e. The molecule has 5 heteroatoms. The number of hydrogen-bond donors (Lipinski definition) is 0. The van der Waals surface area contributed by atoms with Crippen molar-refractivity contribution in [3.8, 4) is 0 Å². The highest BCUT2D eigenvalue weighted by Crippen LogP contribution is 2.46. The summed E-state index contributed by atoms with van der Waals surface area (Å²) in [6, 6.07) is 0. The molecule has 0 heterocycles. The molecule has 4 nitrogen and oxygen atoms in total. The maximum Gasteiger partial charge on any atom is 0.192 e. The van der Waals surface area contributed by atoms with Gasteiger partial charge >= 0.3 is 0 Å². The monoisotopic (exact) mass is 384 g/mol. The summed E-state index contributed by atoms with van der Waals surface area (Å²) < 4.78 is 23.6. The van der Waals surface area contributed by atoms with Gasteiger partial charge in [-0.3, -0.25) is 0 Å². The van der Waals surface area contributed by atoms with Crippen LogP contribution in [0.3, 0.4) is 0 Å². The van der Waals surface area contributed by atoms with E-state index >= 15 is 0 Å². The van der Waals surface area contributed by atoms with Crippen molar-refractivity contribution in [1.29, 1.82) is 0 Å². The Morgan fingerprint density at radius 2 is 1.77 bits per heavy atom. The third-order valence-corrected chi connectivity index (χ3v) is 11.1. The van der Waals surface area contributed by atoms with Gasteiger partial charge in [-0.25, -0.2) is 0 Å². The molecule has 0 aromatic carbocycles. The van der Waals surface area contributed by atoms with E-state index in [1.807, 2.05) is 0 Å². The average molecular weight is 385 g/mol. The van der Waals surface area contributed by atoms with E-state index in [2.05, 4.69) is 46.9 Å². The van der Waals surface area contributed by atoms with Gasteiger partial charge in [0.2, 0.25) is 0 Å². The van der Waals surface area contributed by atoms with Crippen LogP contribution in [0, 0.1) is 11.8 Å². The summed E-state index contributed by atoms with van der Waals surface area (Å²) >= 11 is 0. The molecule has 0 aromatic heterocycles. The van der Waals surface area contributed by atoms with E-state index in [0.29, 0.717) is 37.9 Å². The summed E-state index contributed by atoms with van der Waals surface area (Å²) in [6.45, 7) is 15.6. The normalized spacial score (nSPS) is 30.0. The second-order valence-corrected chi connectivity index (χ2v) is 14.3. The molecule has 2 rings (SSSR count). The fourth-order valence-corrected chi connectivity index (χ4v) is 5.36. The van der Waals surface area contributed by atoms with Gasteiger partial charge in [0.25, 0.3) is 0 Å². The van der Waals surface area contributed by atoms with Crippen LogP contribution in [-0.2, 0) is 18.6 Å². The lowest BCUT2D eigenvalue weighted by Crippen LogP contribution is -2.51. The number of hydrogen-bond acceptors (Lipinski definition) is 4. The second-order valence-electron chi connectivity index (χ2n) is 9.54. The Balaban J connectivity index is 1.99. The Bertz CT molecular complexity index is 469. The van der Waals surface area contributed by atoms with E-state index in [1.165, 1.54) is 5.57 Å². The van der Waals surface area contributed by atoms with Crippen LogP contribution in [0.15, 0.2) is 11.6 Å². The lowest BCUT2D eigenvalue weighted by Gasteiger charge is -2.49. The quantitative estimate of drug-likeness (QED) is 0.251. The van der Waals surface area contributed by atoms with E-state index in [9.17, 15) is 0 Å². The van der Waals surface area contributed by atoms with Crippen LogP contribution in [-0.4, -0.2) is 47.6 Å². The van der Waals surface area contributed by atoms with Crippen molar-refractivity contribution in [3.05, 3.63) is 11.6 Å². The maximum atomic E-state index is 6.88. The summed E-state index contributed by atoms with van der Waals surface area (Å²) in [5.74, 6) is 1.13. The van der Waals surface area contributed by atoms with Crippen molar-refractivity contribution in [2.75, 3.05) is 27.1 Å². The summed E-state index contributed by atoms with van der Waals surface area (Å²) in [6.07, 6.45) is 7.48. The molecule has 0 spiro atoms. The molecule has 1 fully saturated rings. The molecule has 0 amide bonds. The molecule has 2 aliphatic carbocycles. The number of rotatable bonds is 8. The molecule has 152 valence electrons. The molecule has 0 aromatic rings. The average Bonchev–Trinajstić information content (AvgIpc) is 2.55. The summed E-state index contributed by atoms with van der Waals surface area (Å²) in [5.41, 5.74) is 1.51. The van der Waals surface area contributed by atoms with Crippen LogP contribution in [0.2, 0.25) is 18.1 Å². The van der Waals surface area contributed by atoms with E-state index in [1.54, 1.807) is 7.11 Å². The maximum absolute atomic E-state index is 6.88. The van der Waals surface area contributed by atoms with Crippen LogP contribution < -0.4 is 0 Å². The zero-order valence-corrected chi connectivity index (χ0v) is 19.0. The topological polar surface area (TPSA) is 36.9 Å². The van der Waals surface area contributed by atoms with Gasteiger partial charge in [-0.1, -0.05) is 32.4 Å². The van der Waals surface area contributed by atoms with Gasteiger partial charge in [0.15, 0.2) is 8.32 Å². The molecular weight excluding hydrogens is 344 g/mol. The number of allylic oxidation sites excluding steroid dienone is 2. The van der Waals surface area contributed by atoms with Gasteiger partial charge in [0, 0.05) is 13.2 Å². The predicted octanol–water partition coefficient (Wildman–Crippen LogP) is 5.15.